The maximum absolute atomic E-state index is 10.9. The van der Waals surface area contributed by atoms with Crippen LogP contribution in [0.3, 0.4) is 0 Å². The van der Waals surface area contributed by atoms with Crippen LogP contribution in [0.2, 0.25) is 0 Å². The lowest BCUT2D eigenvalue weighted by Gasteiger charge is -2.43. The Morgan fingerprint density at radius 2 is 1.29 bits per heavy atom. The van der Waals surface area contributed by atoms with Crippen molar-refractivity contribution in [1.29, 1.82) is 0 Å². The topological polar surface area (TPSA) is 117 Å². The minimum atomic E-state index is -1.02. The number of imidazole rings is 2. The molecule has 0 amide bonds. The van der Waals surface area contributed by atoms with Crippen LogP contribution in [0, 0.1) is 0 Å². The third kappa shape index (κ3) is 7.97. The van der Waals surface area contributed by atoms with Crippen LogP contribution in [0.1, 0.15) is 25.7 Å². The lowest BCUT2D eigenvalue weighted by atomic mass is 9.98. The number of hydrogen-bond acceptors (Lipinski definition) is 6. The Kier molecular flexibility index (Phi) is 13.3. The number of fused-ring (bicyclic) bond motifs is 2. The van der Waals surface area contributed by atoms with Crippen molar-refractivity contribution in [2.24, 2.45) is 0 Å². The van der Waals surface area contributed by atoms with Crippen LogP contribution >= 0.6 is 0 Å². The highest BCUT2D eigenvalue weighted by atomic mass is 35.5. The van der Waals surface area contributed by atoms with E-state index in [0.717, 1.165) is 49.8 Å². The first-order valence-corrected chi connectivity index (χ1v) is 13.8. The number of nitrogens with one attached hydrogen (secondary N) is 2. The number of ether oxygens (including phenoxy) is 4. The number of methoxy groups -OCH3 is 1. The number of aliphatic hydroxyl groups excluding tert-OH is 2. The number of benzene rings is 2. The van der Waals surface area contributed by atoms with E-state index in [2.05, 4.69) is 43.4 Å². The van der Waals surface area contributed by atoms with E-state index < -0.39 is 30.7 Å². The second-order valence-electron chi connectivity index (χ2n) is 10.0. The van der Waals surface area contributed by atoms with Crippen LogP contribution in [0.15, 0.2) is 61.2 Å². The average Bonchev–Trinajstić information content (AvgIpc) is 3.58. The van der Waals surface area contributed by atoms with Crippen LogP contribution < -0.4 is 33.9 Å². The first-order valence-electron chi connectivity index (χ1n) is 13.8. The van der Waals surface area contributed by atoms with Crippen molar-refractivity contribution >= 4 is 22.1 Å². The Labute approximate surface area is 252 Å². The Morgan fingerprint density at radius 1 is 0.780 bits per heavy atom. The molecule has 0 spiro atoms. The van der Waals surface area contributed by atoms with Crippen molar-refractivity contribution < 1.29 is 63.1 Å². The number of aliphatic hydroxyl groups is 2. The molecular weight excluding hydrogens is 571 g/mol. The maximum atomic E-state index is 10.9. The van der Waals surface area contributed by atoms with E-state index >= 15 is 0 Å². The van der Waals surface area contributed by atoms with Gasteiger partial charge in [-0.25, -0.2) is 19.1 Å². The maximum Gasteiger partial charge on any atom is 0.242 e. The summed E-state index contributed by atoms with van der Waals surface area (Å²) in [7, 11) is 1.54. The number of halogens is 2. The molecular formula is C29H40Cl2N4O6. The van der Waals surface area contributed by atoms with Crippen molar-refractivity contribution in [2.45, 2.75) is 69.5 Å². The zero-order valence-electron chi connectivity index (χ0n) is 23.2. The molecule has 3 heterocycles. The fourth-order valence-electron chi connectivity index (χ4n) is 5.30. The molecule has 4 aromatic rings. The second-order valence-corrected chi connectivity index (χ2v) is 10.0. The predicted octanol–water partition coefficient (Wildman–Crippen LogP) is -4.01. The van der Waals surface area contributed by atoms with Gasteiger partial charge in [0.15, 0.2) is 28.4 Å². The Hall–Kier alpha value is -2.28. The predicted molar refractivity (Wildman–Crippen MR) is 144 cm³/mol. The third-order valence-corrected chi connectivity index (χ3v) is 7.42. The highest BCUT2D eigenvalue weighted by Crippen LogP contribution is 2.27. The highest BCUT2D eigenvalue weighted by molar-refractivity contribution is 5.70. The number of aryl methyl sites for hydroxylation is 2. The minimum absolute atomic E-state index is 0. The van der Waals surface area contributed by atoms with Gasteiger partial charge in [0, 0.05) is 20.3 Å². The number of H-pyrrole nitrogens is 2. The molecule has 2 aromatic heterocycles. The van der Waals surface area contributed by atoms with Crippen molar-refractivity contribution in [3.8, 4) is 0 Å². The standard InChI is InChI=1S/C29H38N4O6.2ClH/c1-36-29-28(38-17-9-7-15-33-20-31-22-11-3-5-13-24(22)33)27(26(35)25(18-34)39-29)37-16-8-6-14-32-19-30-21-10-2-4-12-23(21)32;;/h2-5,10-13,19-20,25-29,34-35H,6-9,14-18H2,1H3;2*1H/t25-,26-,27+,28-,29+;;/m1../s1. The summed E-state index contributed by atoms with van der Waals surface area (Å²) in [5.74, 6) is 0. The lowest BCUT2D eigenvalue weighted by Crippen LogP contribution is -3.00. The fourth-order valence-corrected chi connectivity index (χ4v) is 5.30. The molecule has 226 valence electrons. The highest BCUT2D eigenvalue weighted by Gasteiger charge is 2.46. The molecule has 0 radical (unpaired) electrons. The first kappa shape index (κ1) is 33.2. The normalized spacial score (nSPS) is 22.5. The number of hydrogen-bond donors (Lipinski definition) is 4. The van der Waals surface area contributed by atoms with Crippen LogP contribution in [-0.4, -0.2) is 77.8 Å². The van der Waals surface area contributed by atoms with E-state index in [1.807, 2.05) is 36.9 Å². The minimum Gasteiger partial charge on any atom is -1.00 e. The van der Waals surface area contributed by atoms with Gasteiger partial charge in [0.1, 0.15) is 24.4 Å². The summed E-state index contributed by atoms with van der Waals surface area (Å²) in [6.45, 7) is 2.33. The molecule has 5 atom stereocenters. The SMILES string of the molecule is CO[C@H]1O[C@H](CO)[C@@H](O)[C@H](OCCCC[n+]2c[nH]c3ccccc32)[C@H]1OCCCC[n+]1c[nH]c2ccccc21.[Cl-].[Cl-]. The lowest BCUT2D eigenvalue weighted by molar-refractivity contribution is -0.671. The van der Waals surface area contributed by atoms with E-state index in [1.165, 1.54) is 18.1 Å². The third-order valence-electron chi connectivity index (χ3n) is 7.42. The van der Waals surface area contributed by atoms with Gasteiger partial charge in [-0.2, -0.15) is 0 Å². The van der Waals surface area contributed by atoms with Crippen molar-refractivity contribution in [2.75, 3.05) is 26.9 Å². The molecule has 1 fully saturated rings. The molecule has 1 saturated heterocycles. The molecule has 1 aliphatic rings. The first-order chi connectivity index (χ1) is 19.2. The molecule has 12 heteroatoms. The van der Waals surface area contributed by atoms with Crippen LogP contribution in [0.25, 0.3) is 22.1 Å². The second kappa shape index (κ2) is 16.4. The summed E-state index contributed by atoms with van der Waals surface area (Å²) < 4.78 is 28.1. The largest absolute Gasteiger partial charge is 1.00 e. The molecule has 4 N–H and O–H groups in total. The van der Waals surface area contributed by atoms with E-state index in [1.54, 1.807) is 0 Å². The summed E-state index contributed by atoms with van der Waals surface area (Å²) in [5, 5.41) is 20.7. The molecule has 0 saturated carbocycles. The summed E-state index contributed by atoms with van der Waals surface area (Å²) in [4.78, 5) is 6.58. The van der Waals surface area contributed by atoms with Gasteiger partial charge < -0.3 is 54.0 Å². The molecule has 0 aliphatic carbocycles. The zero-order chi connectivity index (χ0) is 27.0. The van der Waals surface area contributed by atoms with Gasteiger partial charge in [0.2, 0.25) is 12.7 Å². The Balaban J connectivity index is 0.00000231. The Morgan fingerprint density at radius 3 is 1.80 bits per heavy atom. The molecule has 5 rings (SSSR count). The van der Waals surface area contributed by atoms with Crippen molar-refractivity contribution in [1.82, 2.24) is 9.97 Å². The van der Waals surface area contributed by atoms with Gasteiger partial charge in [-0.3, -0.25) is 0 Å². The van der Waals surface area contributed by atoms with Gasteiger partial charge in [-0.05, 0) is 49.9 Å². The summed E-state index contributed by atoms with van der Waals surface area (Å²) in [6, 6.07) is 16.4. The van der Waals surface area contributed by atoms with Crippen LogP contribution in [0.5, 0.6) is 0 Å². The quantitative estimate of drug-likeness (QED) is 0.0854. The van der Waals surface area contributed by atoms with E-state index in [9.17, 15) is 10.2 Å². The van der Waals surface area contributed by atoms with E-state index in [4.69, 9.17) is 18.9 Å². The van der Waals surface area contributed by atoms with Crippen LogP contribution in [-0.2, 0) is 32.0 Å². The molecule has 0 bridgehead atoms. The van der Waals surface area contributed by atoms with Gasteiger partial charge in [-0.1, -0.05) is 24.3 Å². The van der Waals surface area contributed by atoms with Gasteiger partial charge in [0.05, 0.1) is 19.7 Å². The molecule has 41 heavy (non-hydrogen) atoms. The van der Waals surface area contributed by atoms with Gasteiger partial charge in [0.25, 0.3) is 0 Å². The fraction of sp³-hybridized carbons (Fsp3) is 0.517. The number of aromatic amines is 2. The summed E-state index contributed by atoms with van der Waals surface area (Å²) in [5.41, 5.74) is 4.57. The Bertz CT molecular complexity index is 1320. The number of unbranched alkanes of at least 4 members (excludes halogenated alkanes) is 2. The molecule has 1 aliphatic heterocycles. The molecule has 2 aromatic carbocycles. The number of para-hydroxylation sites is 4. The summed E-state index contributed by atoms with van der Waals surface area (Å²) in [6.07, 6.45) is 3.66. The zero-order valence-corrected chi connectivity index (χ0v) is 24.7. The average molecular weight is 612 g/mol. The van der Waals surface area contributed by atoms with E-state index in [0.29, 0.717) is 13.2 Å². The van der Waals surface area contributed by atoms with Crippen molar-refractivity contribution in [3.05, 3.63) is 61.2 Å². The van der Waals surface area contributed by atoms with Gasteiger partial charge >= 0.3 is 0 Å². The number of aromatic nitrogens is 4. The molecule has 10 nitrogen and oxygen atoms in total. The smallest absolute Gasteiger partial charge is 0.242 e. The van der Waals surface area contributed by atoms with E-state index in [-0.39, 0.29) is 31.4 Å². The summed E-state index contributed by atoms with van der Waals surface area (Å²) >= 11 is 0. The van der Waals surface area contributed by atoms with Gasteiger partial charge in [-0.15, -0.1) is 0 Å². The number of nitrogens with zero attached hydrogens (tertiary/aromatic N) is 2. The number of rotatable bonds is 14. The molecule has 0 unspecified atom stereocenters. The monoisotopic (exact) mass is 610 g/mol. The van der Waals surface area contributed by atoms with Crippen LogP contribution in [0.4, 0.5) is 0 Å². The van der Waals surface area contributed by atoms with Crippen molar-refractivity contribution in [3.63, 3.8) is 0 Å².